The molecule has 0 saturated carbocycles. The minimum absolute atomic E-state index is 0.272. The van der Waals surface area contributed by atoms with Crippen molar-refractivity contribution in [2.75, 3.05) is 30.1 Å². The monoisotopic (exact) mass is 292 g/mol. The minimum Gasteiger partial charge on any atom is -0.358 e. The topological polar surface area (TPSA) is 50.3 Å². The fourth-order valence-electron chi connectivity index (χ4n) is 1.19. The van der Waals surface area contributed by atoms with Crippen LogP contribution in [0.2, 0.25) is 0 Å². The smallest absolute Gasteiger partial charge is 0.179 e. The van der Waals surface area contributed by atoms with Crippen LogP contribution in [0.25, 0.3) is 0 Å². The van der Waals surface area contributed by atoms with Gasteiger partial charge in [-0.15, -0.1) is 0 Å². The van der Waals surface area contributed by atoms with E-state index < -0.39 is 9.84 Å². The number of pyridine rings is 1. The summed E-state index contributed by atoms with van der Waals surface area (Å²) in [5.41, 5.74) is 0. The highest BCUT2D eigenvalue weighted by molar-refractivity contribution is 9.09. The molecule has 0 spiro atoms. The number of alkyl halides is 1. The average Bonchev–Trinajstić information content (AvgIpc) is 2.17. The molecule has 0 radical (unpaired) electrons. The van der Waals surface area contributed by atoms with E-state index in [0.29, 0.717) is 12.4 Å². The number of rotatable bonds is 4. The summed E-state index contributed by atoms with van der Waals surface area (Å²) in [6.45, 7) is 0.708. The molecule has 0 aliphatic rings. The molecule has 0 aromatic carbocycles. The van der Waals surface area contributed by atoms with Crippen molar-refractivity contribution in [3.05, 3.63) is 18.3 Å². The van der Waals surface area contributed by atoms with Crippen molar-refractivity contribution in [2.24, 2.45) is 0 Å². The summed E-state index contributed by atoms with van der Waals surface area (Å²) in [6.07, 6.45) is 2.78. The van der Waals surface area contributed by atoms with Gasteiger partial charge in [0, 0.05) is 31.4 Å². The predicted molar refractivity (Wildman–Crippen MR) is 64.4 cm³/mol. The number of aromatic nitrogens is 1. The van der Waals surface area contributed by atoms with Gasteiger partial charge >= 0.3 is 0 Å². The molecule has 1 aromatic rings. The Morgan fingerprint density at radius 2 is 2.20 bits per heavy atom. The lowest BCUT2D eigenvalue weighted by Crippen LogP contribution is -2.22. The SMILES string of the molecule is CN(CCBr)c1ncccc1S(C)(=O)=O. The first-order chi connectivity index (χ1) is 6.96. The molecule has 1 rings (SSSR count). The molecule has 0 fully saturated rings. The van der Waals surface area contributed by atoms with Gasteiger partial charge in [-0.2, -0.15) is 0 Å². The Bertz CT molecular complexity index is 433. The van der Waals surface area contributed by atoms with Crippen LogP contribution >= 0.6 is 15.9 Å². The van der Waals surface area contributed by atoms with Gasteiger partial charge in [0.25, 0.3) is 0 Å². The molecular formula is C9H13BrN2O2S. The summed E-state index contributed by atoms with van der Waals surface area (Å²) in [4.78, 5) is 6.17. The second-order valence-electron chi connectivity index (χ2n) is 3.21. The van der Waals surface area contributed by atoms with E-state index in [1.54, 1.807) is 18.3 Å². The van der Waals surface area contributed by atoms with Crippen molar-refractivity contribution in [3.8, 4) is 0 Å². The lowest BCUT2D eigenvalue weighted by Gasteiger charge is -2.18. The zero-order valence-electron chi connectivity index (χ0n) is 8.64. The van der Waals surface area contributed by atoms with Gasteiger partial charge in [-0.25, -0.2) is 13.4 Å². The third kappa shape index (κ3) is 3.17. The van der Waals surface area contributed by atoms with Crippen molar-refractivity contribution >= 4 is 31.6 Å². The van der Waals surface area contributed by atoms with Crippen LogP contribution in [-0.4, -0.2) is 38.6 Å². The van der Waals surface area contributed by atoms with Gasteiger partial charge in [0.2, 0.25) is 0 Å². The van der Waals surface area contributed by atoms with Crippen LogP contribution in [0.4, 0.5) is 5.82 Å². The number of nitrogens with zero attached hydrogens (tertiary/aromatic N) is 2. The highest BCUT2D eigenvalue weighted by Gasteiger charge is 2.16. The maximum Gasteiger partial charge on any atom is 0.179 e. The van der Waals surface area contributed by atoms with Crippen molar-refractivity contribution in [1.29, 1.82) is 0 Å². The van der Waals surface area contributed by atoms with Crippen LogP contribution in [0, 0.1) is 0 Å². The van der Waals surface area contributed by atoms with E-state index in [9.17, 15) is 8.42 Å². The van der Waals surface area contributed by atoms with Crippen molar-refractivity contribution in [2.45, 2.75) is 4.90 Å². The fraction of sp³-hybridized carbons (Fsp3) is 0.444. The third-order valence-corrected chi connectivity index (χ3v) is 3.40. The van der Waals surface area contributed by atoms with Crippen LogP contribution in [-0.2, 0) is 9.84 Å². The van der Waals surface area contributed by atoms with Gasteiger partial charge in [-0.05, 0) is 12.1 Å². The number of halogens is 1. The summed E-state index contributed by atoms with van der Waals surface area (Å²) in [5.74, 6) is 0.499. The minimum atomic E-state index is -3.22. The Morgan fingerprint density at radius 1 is 1.53 bits per heavy atom. The maximum absolute atomic E-state index is 11.5. The van der Waals surface area contributed by atoms with E-state index in [-0.39, 0.29) is 4.90 Å². The van der Waals surface area contributed by atoms with E-state index in [2.05, 4.69) is 20.9 Å². The molecule has 84 valence electrons. The third-order valence-electron chi connectivity index (χ3n) is 1.93. The van der Waals surface area contributed by atoms with Gasteiger partial charge in [0.1, 0.15) is 10.7 Å². The second kappa shape index (κ2) is 4.94. The van der Waals surface area contributed by atoms with E-state index in [1.807, 2.05) is 11.9 Å². The molecule has 0 aliphatic heterocycles. The highest BCUT2D eigenvalue weighted by Crippen LogP contribution is 2.20. The Balaban J connectivity index is 3.18. The summed E-state index contributed by atoms with van der Waals surface area (Å²) >= 11 is 3.30. The number of hydrogen-bond donors (Lipinski definition) is 0. The first kappa shape index (κ1) is 12.4. The van der Waals surface area contributed by atoms with Crippen LogP contribution in [0.15, 0.2) is 23.2 Å². The van der Waals surface area contributed by atoms with Crippen molar-refractivity contribution in [3.63, 3.8) is 0 Å². The van der Waals surface area contributed by atoms with Crippen LogP contribution in [0.1, 0.15) is 0 Å². The maximum atomic E-state index is 11.5. The summed E-state index contributed by atoms with van der Waals surface area (Å²) in [7, 11) is -1.40. The molecule has 4 nitrogen and oxygen atoms in total. The fourth-order valence-corrected chi connectivity index (χ4v) is 2.59. The van der Waals surface area contributed by atoms with Crippen LogP contribution < -0.4 is 4.90 Å². The normalized spacial score (nSPS) is 11.4. The Morgan fingerprint density at radius 3 is 2.73 bits per heavy atom. The molecule has 0 unspecified atom stereocenters. The molecular weight excluding hydrogens is 280 g/mol. The lowest BCUT2D eigenvalue weighted by molar-refractivity contribution is 0.601. The quantitative estimate of drug-likeness (QED) is 0.786. The zero-order valence-corrected chi connectivity index (χ0v) is 11.0. The number of sulfone groups is 1. The predicted octanol–water partition coefficient (Wildman–Crippen LogP) is 1.32. The van der Waals surface area contributed by atoms with Crippen molar-refractivity contribution < 1.29 is 8.42 Å². The van der Waals surface area contributed by atoms with Crippen LogP contribution in [0.3, 0.4) is 0 Å². The highest BCUT2D eigenvalue weighted by atomic mass is 79.9. The largest absolute Gasteiger partial charge is 0.358 e. The van der Waals surface area contributed by atoms with Gasteiger partial charge in [-0.3, -0.25) is 0 Å². The average molecular weight is 293 g/mol. The number of hydrogen-bond acceptors (Lipinski definition) is 4. The zero-order chi connectivity index (χ0) is 11.5. The van der Waals surface area contributed by atoms with E-state index >= 15 is 0 Å². The summed E-state index contributed by atoms with van der Waals surface area (Å²) in [5, 5.41) is 0.767. The summed E-state index contributed by atoms with van der Waals surface area (Å²) < 4.78 is 23.0. The van der Waals surface area contributed by atoms with Crippen LogP contribution in [0.5, 0.6) is 0 Å². The lowest BCUT2D eigenvalue weighted by atomic mass is 10.4. The van der Waals surface area contributed by atoms with Gasteiger partial charge < -0.3 is 4.90 Å². The Kier molecular flexibility index (Phi) is 4.10. The number of anilines is 1. The van der Waals surface area contributed by atoms with Gasteiger partial charge in [0.05, 0.1) is 0 Å². The molecule has 0 amide bonds. The summed E-state index contributed by atoms with van der Waals surface area (Å²) in [6, 6.07) is 3.20. The van der Waals surface area contributed by atoms with Gasteiger partial charge in [-0.1, -0.05) is 15.9 Å². The molecule has 0 N–H and O–H groups in total. The first-order valence-corrected chi connectivity index (χ1v) is 7.40. The molecule has 6 heteroatoms. The Labute approximate surface area is 98.4 Å². The Hall–Kier alpha value is -0.620. The molecule has 0 aliphatic carbocycles. The molecule has 0 bridgehead atoms. The molecule has 0 atom stereocenters. The second-order valence-corrected chi connectivity index (χ2v) is 5.99. The molecule has 1 aromatic heterocycles. The molecule has 1 heterocycles. The standard InChI is InChI=1S/C9H13BrN2O2S/c1-12(7-5-10)9-8(15(2,13)14)4-3-6-11-9/h3-4,6H,5,7H2,1-2H3. The van der Waals surface area contributed by atoms with E-state index in [1.165, 1.54) is 6.26 Å². The van der Waals surface area contributed by atoms with E-state index in [0.717, 1.165) is 5.33 Å². The molecule has 15 heavy (non-hydrogen) atoms. The van der Waals surface area contributed by atoms with E-state index in [4.69, 9.17) is 0 Å². The molecule has 0 saturated heterocycles. The first-order valence-electron chi connectivity index (χ1n) is 4.39. The van der Waals surface area contributed by atoms with Crippen molar-refractivity contribution in [1.82, 2.24) is 4.98 Å². The van der Waals surface area contributed by atoms with Gasteiger partial charge in [0.15, 0.2) is 9.84 Å².